The van der Waals surface area contributed by atoms with Crippen LogP contribution >= 0.6 is 0 Å². The summed E-state index contributed by atoms with van der Waals surface area (Å²) in [6.07, 6.45) is 0. The number of nitrogens with one attached hydrogen (secondary N) is 2. The molecule has 0 saturated carbocycles. The highest BCUT2D eigenvalue weighted by atomic mass is 19.1. The van der Waals surface area contributed by atoms with E-state index in [-0.39, 0.29) is 22.6 Å². The van der Waals surface area contributed by atoms with E-state index in [4.69, 9.17) is 5.73 Å². The summed E-state index contributed by atoms with van der Waals surface area (Å²) in [5, 5.41) is 4.83. The van der Waals surface area contributed by atoms with E-state index >= 15 is 0 Å². The number of nitrogens with zero attached hydrogens (tertiary/aromatic N) is 1. The van der Waals surface area contributed by atoms with Crippen molar-refractivity contribution in [2.24, 2.45) is 10.7 Å². The number of amides is 3. The SMILES string of the molecule is NC(=O)c1ccc(N=C(NC(=O)c2ccc(F)cc2)NC(=O)c2cccc(F)c2)cc1. The maximum Gasteiger partial charge on any atom is 0.258 e. The number of primary amides is 1. The zero-order chi connectivity index (χ0) is 22.4. The molecule has 0 bridgehead atoms. The standard InChI is InChI=1S/C22H16F2N4O3/c23-16-8-4-14(5-9-16)20(30)27-22(26-18-10-6-13(7-11-18)19(25)29)28-21(31)15-2-1-3-17(24)12-15/h1-12H,(H2,25,29)(H2,26,27,28,30,31). The zero-order valence-corrected chi connectivity index (χ0v) is 15.9. The first-order valence-corrected chi connectivity index (χ1v) is 8.94. The molecule has 0 aliphatic carbocycles. The molecule has 0 radical (unpaired) electrons. The van der Waals surface area contributed by atoms with Gasteiger partial charge in [0.25, 0.3) is 11.8 Å². The lowest BCUT2D eigenvalue weighted by Crippen LogP contribution is -2.43. The number of carbonyl (C=O) groups excluding carboxylic acids is 3. The molecule has 156 valence electrons. The Morgan fingerprint density at radius 3 is 1.87 bits per heavy atom. The summed E-state index contributed by atoms with van der Waals surface area (Å²) in [6, 6.07) is 15.5. The van der Waals surface area contributed by atoms with Gasteiger partial charge >= 0.3 is 0 Å². The van der Waals surface area contributed by atoms with E-state index in [1.807, 2.05) is 0 Å². The van der Waals surface area contributed by atoms with Gasteiger partial charge in [0, 0.05) is 16.7 Å². The molecule has 0 aliphatic rings. The summed E-state index contributed by atoms with van der Waals surface area (Å²) in [5.74, 6) is -3.38. The minimum absolute atomic E-state index is 0.00723. The summed E-state index contributed by atoms with van der Waals surface area (Å²) >= 11 is 0. The highest BCUT2D eigenvalue weighted by Crippen LogP contribution is 2.13. The van der Waals surface area contributed by atoms with Gasteiger partial charge in [0.1, 0.15) is 11.6 Å². The van der Waals surface area contributed by atoms with Crippen molar-refractivity contribution in [3.05, 3.63) is 101 Å². The van der Waals surface area contributed by atoms with Crippen molar-refractivity contribution in [1.82, 2.24) is 10.6 Å². The molecule has 0 fully saturated rings. The van der Waals surface area contributed by atoms with Crippen LogP contribution in [0.15, 0.2) is 77.8 Å². The molecule has 9 heteroatoms. The topological polar surface area (TPSA) is 114 Å². The van der Waals surface area contributed by atoms with E-state index in [0.717, 1.165) is 18.2 Å². The molecule has 31 heavy (non-hydrogen) atoms. The number of guanidine groups is 1. The largest absolute Gasteiger partial charge is 0.366 e. The third kappa shape index (κ3) is 5.80. The van der Waals surface area contributed by atoms with Crippen molar-refractivity contribution in [3.63, 3.8) is 0 Å². The van der Waals surface area contributed by atoms with Gasteiger partial charge in [0.2, 0.25) is 11.9 Å². The summed E-state index contributed by atoms with van der Waals surface area (Å²) in [5.41, 5.74) is 5.87. The predicted molar refractivity (Wildman–Crippen MR) is 110 cm³/mol. The number of hydrogen-bond acceptors (Lipinski definition) is 4. The van der Waals surface area contributed by atoms with E-state index in [2.05, 4.69) is 15.6 Å². The van der Waals surface area contributed by atoms with Crippen molar-refractivity contribution >= 4 is 29.4 Å². The van der Waals surface area contributed by atoms with Crippen molar-refractivity contribution in [2.75, 3.05) is 0 Å². The summed E-state index contributed by atoms with van der Waals surface area (Å²) < 4.78 is 26.5. The fraction of sp³-hybridized carbons (Fsp3) is 0. The molecule has 0 heterocycles. The summed E-state index contributed by atoms with van der Waals surface area (Å²) in [6.45, 7) is 0. The highest BCUT2D eigenvalue weighted by Gasteiger charge is 2.14. The first-order chi connectivity index (χ1) is 14.8. The van der Waals surface area contributed by atoms with E-state index in [0.29, 0.717) is 5.69 Å². The molecule has 3 aromatic carbocycles. The van der Waals surface area contributed by atoms with Gasteiger partial charge in [-0.1, -0.05) is 6.07 Å². The average molecular weight is 422 g/mol. The van der Waals surface area contributed by atoms with Crippen LogP contribution in [0.2, 0.25) is 0 Å². The Bertz CT molecular complexity index is 1160. The number of carbonyl (C=O) groups is 3. The normalized spacial score (nSPS) is 11.0. The third-order valence-electron chi connectivity index (χ3n) is 4.05. The maximum absolute atomic E-state index is 13.4. The van der Waals surface area contributed by atoms with Gasteiger partial charge in [-0.05, 0) is 66.7 Å². The minimum atomic E-state index is -0.716. The Hall–Kier alpha value is -4.40. The van der Waals surface area contributed by atoms with Crippen LogP contribution in [0, 0.1) is 11.6 Å². The smallest absolute Gasteiger partial charge is 0.258 e. The lowest BCUT2D eigenvalue weighted by atomic mass is 10.2. The fourth-order valence-electron chi connectivity index (χ4n) is 2.51. The minimum Gasteiger partial charge on any atom is -0.366 e. The molecule has 7 nitrogen and oxygen atoms in total. The van der Waals surface area contributed by atoms with Crippen LogP contribution in [0.4, 0.5) is 14.5 Å². The fourth-order valence-corrected chi connectivity index (χ4v) is 2.51. The second-order valence-corrected chi connectivity index (χ2v) is 6.30. The molecule has 0 spiro atoms. The van der Waals surface area contributed by atoms with E-state index in [1.165, 1.54) is 54.6 Å². The van der Waals surface area contributed by atoms with Crippen molar-refractivity contribution in [1.29, 1.82) is 0 Å². The van der Waals surface area contributed by atoms with Crippen LogP contribution in [-0.4, -0.2) is 23.7 Å². The van der Waals surface area contributed by atoms with Crippen LogP contribution in [0.1, 0.15) is 31.1 Å². The molecular weight excluding hydrogens is 406 g/mol. The molecule has 3 amide bonds. The Morgan fingerprint density at radius 1 is 0.710 bits per heavy atom. The zero-order valence-electron chi connectivity index (χ0n) is 15.9. The quantitative estimate of drug-likeness (QED) is 0.444. The number of nitrogens with two attached hydrogens (primary N) is 1. The lowest BCUT2D eigenvalue weighted by Gasteiger charge is -2.11. The van der Waals surface area contributed by atoms with Crippen LogP contribution in [0.25, 0.3) is 0 Å². The van der Waals surface area contributed by atoms with Gasteiger partial charge < -0.3 is 5.73 Å². The maximum atomic E-state index is 13.4. The second kappa shape index (κ2) is 9.40. The Labute approximate surface area is 175 Å². The molecule has 0 aromatic heterocycles. The number of rotatable bonds is 4. The van der Waals surface area contributed by atoms with Crippen molar-refractivity contribution in [3.8, 4) is 0 Å². The second-order valence-electron chi connectivity index (χ2n) is 6.30. The van der Waals surface area contributed by atoms with E-state index in [9.17, 15) is 23.2 Å². The average Bonchev–Trinajstić information content (AvgIpc) is 2.74. The number of aliphatic imine (C=N–C) groups is 1. The third-order valence-corrected chi connectivity index (χ3v) is 4.05. The van der Waals surface area contributed by atoms with E-state index < -0.39 is 29.4 Å². The molecule has 0 saturated heterocycles. The van der Waals surface area contributed by atoms with Crippen molar-refractivity contribution < 1.29 is 23.2 Å². The molecular formula is C22H16F2N4O3. The monoisotopic (exact) mass is 422 g/mol. The van der Waals surface area contributed by atoms with Crippen LogP contribution in [0.5, 0.6) is 0 Å². The predicted octanol–water partition coefficient (Wildman–Crippen LogP) is 2.91. The van der Waals surface area contributed by atoms with Gasteiger partial charge in [-0.3, -0.25) is 25.0 Å². The van der Waals surface area contributed by atoms with Gasteiger partial charge in [0.15, 0.2) is 0 Å². The molecule has 0 unspecified atom stereocenters. The van der Waals surface area contributed by atoms with Gasteiger partial charge in [-0.2, -0.15) is 0 Å². The molecule has 3 aromatic rings. The Kier molecular flexibility index (Phi) is 6.46. The molecule has 0 aliphatic heterocycles. The van der Waals surface area contributed by atoms with Crippen molar-refractivity contribution in [2.45, 2.75) is 0 Å². The van der Waals surface area contributed by atoms with Crippen LogP contribution in [0.3, 0.4) is 0 Å². The lowest BCUT2D eigenvalue weighted by molar-refractivity contribution is 0.0962. The number of halogens is 2. The highest BCUT2D eigenvalue weighted by molar-refractivity contribution is 6.13. The molecule has 3 rings (SSSR count). The number of benzene rings is 3. The molecule has 0 atom stereocenters. The Balaban J connectivity index is 1.88. The summed E-state index contributed by atoms with van der Waals surface area (Å²) in [4.78, 5) is 40.3. The number of hydrogen-bond donors (Lipinski definition) is 3. The van der Waals surface area contributed by atoms with Gasteiger partial charge in [-0.25, -0.2) is 13.8 Å². The first-order valence-electron chi connectivity index (χ1n) is 8.94. The van der Waals surface area contributed by atoms with E-state index in [1.54, 1.807) is 0 Å². The van der Waals surface area contributed by atoms with Gasteiger partial charge in [-0.15, -0.1) is 0 Å². The van der Waals surface area contributed by atoms with Gasteiger partial charge in [0.05, 0.1) is 5.69 Å². The van der Waals surface area contributed by atoms with Crippen LogP contribution < -0.4 is 16.4 Å². The van der Waals surface area contributed by atoms with Crippen LogP contribution in [-0.2, 0) is 0 Å². The first kappa shape index (κ1) is 21.3. The Morgan fingerprint density at radius 2 is 1.29 bits per heavy atom. The summed E-state index contributed by atoms with van der Waals surface area (Å²) in [7, 11) is 0. The molecule has 4 N–H and O–H groups in total.